The van der Waals surface area contributed by atoms with E-state index in [-0.39, 0.29) is 11.9 Å². The fourth-order valence-corrected chi connectivity index (χ4v) is 4.53. The smallest absolute Gasteiger partial charge is 0.263 e. The molecule has 1 N–H and O–H groups in total. The number of aryl methyl sites for hydroxylation is 2. The second-order valence-corrected chi connectivity index (χ2v) is 7.43. The zero-order chi connectivity index (χ0) is 15.8. The second kappa shape index (κ2) is 5.90. The Hall–Kier alpha value is -1.99. The molecule has 0 bridgehead atoms. The summed E-state index contributed by atoms with van der Waals surface area (Å²) in [6.07, 6.45) is 5.62. The molecule has 4 heterocycles. The minimum atomic E-state index is -0.0185. The highest BCUT2D eigenvalue weighted by Gasteiger charge is 2.23. The molecule has 0 saturated carbocycles. The molecule has 0 aromatic carbocycles. The summed E-state index contributed by atoms with van der Waals surface area (Å²) in [5, 5.41) is 8.14. The van der Waals surface area contributed by atoms with E-state index in [1.807, 2.05) is 30.8 Å². The molecule has 3 aromatic rings. The van der Waals surface area contributed by atoms with Crippen LogP contribution in [-0.4, -0.2) is 26.5 Å². The molecular formula is C16H16N4OS2. The van der Waals surface area contributed by atoms with Crippen molar-refractivity contribution in [2.75, 3.05) is 0 Å². The third-order valence-corrected chi connectivity index (χ3v) is 5.93. The van der Waals surface area contributed by atoms with Crippen LogP contribution in [0, 0.1) is 6.92 Å². The molecule has 5 nitrogen and oxygen atoms in total. The number of fused-ring (bicyclic) bond motifs is 1. The molecule has 0 aliphatic carbocycles. The number of amides is 1. The predicted octanol–water partition coefficient (Wildman–Crippen LogP) is 3.12. The van der Waals surface area contributed by atoms with Gasteiger partial charge in [0.25, 0.3) is 5.91 Å². The van der Waals surface area contributed by atoms with Gasteiger partial charge in [0.05, 0.1) is 5.69 Å². The number of carbonyl (C=O) groups excluding carboxylic acids is 1. The van der Waals surface area contributed by atoms with Crippen molar-refractivity contribution in [2.24, 2.45) is 0 Å². The van der Waals surface area contributed by atoms with Crippen LogP contribution >= 0.6 is 22.7 Å². The van der Waals surface area contributed by atoms with Crippen molar-refractivity contribution >= 4 is 28.6 Å². The number of hydrogen-bond donors (Lipinski definition) is 1. The lowest BCUT2D eigenvalue weighted by atomic mass is 10.1. The van der Waals surface area contributed by atoms with E-state index in [4.69, 9.17) is 0 Å². The van der Waals surface area contributed by atoms with Gasteiger partial charge in [0.2, 0.25) is 0 Å². The fraction of sp³-hybridized carbons (Fsp3) is 0.312. The zero-order valence-corrected chi connectivity index (χ0v) is 14.3. The van der Waals surface area contributed by atoms with Gasteiger partial charge < -0.3 is 9.88 Å². The SMILES string of the molecule is Cc1nc(-c2ccsc2)sc1C(=O)N[C@@H]1CCc2nccn2C1. The summed E-state index contributed by atoms with van der Waals surface area (Å²) in [7, 11) is 0. The number of nitrogens with one attached hydrogen (secondary N) is 1. The minimum absolute atomic E-state index is 0.0185. The van der Waals surface area contributed by atoms with Crippen molar-refractivity contribution in [3.05, 3.63) is 45.6 Å². The summed E-state index contributed by atoms with van der Waals surface area (Å²) in [6.45, 7) is 2.69. The molecule has 0 radical (unpaired) electrons. The van der Waals surface area contributed by atoms with E-state index in [0.29, 0.717) is 4.88 Å². The molecule has 118 valence electrons. The lowest BCUT2D eigenvalue weighted by Crippen LogP contribution is -2.40. The Balaban J connectivity index is 1.50. The molecule has 7 heteroatoms. The lowest BCUT2D eigenvalue weighted by Gasteiger charge is -2.24. The summed E-state index contributed by atoms with van der Waals surface area (Å²) in [6, 6.07) is 2.18. The predicted molar refractivity (Wildman–Crippen MR) is 92.0 cm³/mol. The van der Waals surface area contributed by atoms with Crippen LogP contribution in [0.1, 0.15) is 27.6 Å². The Morgan fingerprint density at radius 1 is 1.48 bits per heavy atom. The molecule has 1 aliphatic heterocycles. The highest BCUT2D eigenvalue weighted by Crippen LogP contribution is 2.29. The van der Waals surface area contributed by atoms with Crippen LogP contribution in [0.5, 0.6) is 0 Å². The monoisotopic (exact) mass is 344 g/mol. The topological polar surface area (TPSA) is 59.8 Å². The fourth-order valence-electron chi connectivity index (χ4n) is 2.85. The first kappa shape index (κ1) is 14.6. The molecule has 0 unspecified atom stereocenters. The van der Waals surface area contributed by atoms with Gasteiger partial charge in [-0.25, -0.2) is 9.97 Å². The van der Waals surface area contributed by atoms with Gasteiger partial charge in [0.15, 0.2) is 0 Å². The normalized spacial score (nSPS) is 17.0. The number of nitrogens with zero attached hydrogens (tertiary/aromatic N) is 3. The zero-order valence-electron chi connectivity index (χ0n) is 12.7. The Morgan fingerprint density at radius 2 is 2.39 bits per heavy atom. The van der Waals surface area contributed by atoms with Crippen LogP contribution in [0.3, 0.4) is 0 Å². The molecule has 1 atom stereocenters. The molecule has 3 aromatic heterocycles. The third-order valence-electron chi connectivity index (χ3n) is 4.04. The van der Waals surface area contributed by atoms with Crippen molar-refractivity contribution in [1.29, 1.82) is 0 Å². The van der Waals surface area contributed by atoms with E-state index >= 15 is 0 Å². The largest absolute Gasteiger partial charge is 0.347 e. The Morgan fingerprint density at radius 3 is 3.22 bits per heavy atom. The maximum absolute atomic E-state index is 12.6. The molecule has 0 spiro atoms. The first-order valence-corrected chi connectivity index (χ1v) is 9.27. The number of imidazole rings is 1. The van der Waals surface area contributed by atoms with Gasteiger partial charge in [0.1, 0.15) is 15.7 Å². The summed E-state index contributed by atoms with van der Waals surface area (Å²) in [5.74, 6) is 1.08. The van der Waals surface area contributed by atoms with E-state index < -0.39 is 0 Å². The average molecular weight is 344 g/mol. The van der Waals surface area contributed by atoms with Gasteiger partial charge in [0, 0.05) is 42.3 Å². The van der Waals surface area contributed by atoms with Gasteiger partial charge in [-0.15, -0.1) is 11.3 Å². The summed E-state index contributed by atoms with van der Waals surface area (Å²) >= 11 is 3.10. The van der Waals surface area contributed by atoms with E-state index in [2.05, 4.69) is 25.2 Å². The maximum atomic E-state index is 12.6. The highest BCUT2D eigenvalue weighted by atomic mass is 32.1. The molecule has 23 heavy (non-hydrogen) atoms. The molecule has 4 rings (SSSR count). The van der Waals surface area contributed by atoms with Crippen molar-refractivity contribution in [3.8, 4) is 10.6 Å². The van der Waals surface area contributed by atoms with Crippen LogP contribution in [0.15, 0.2) is 29.2 Å². The van der Waals surface area contributed by atoms with Crippen molar-refractivity contribution in [2.45, 2.75) is 32.4 Å². The maximum Gasteiger partial charge on any atom is 0.263 e. The molecule has 1 amide bonds. The first-order chi connectivity index (χ1) is 11.2. The number of hydrogen-bond acceptors (Lipinski definition) is 5. The van der Waals surface area contributed by atoms with Crippen molar-refractivity contribution in [1.82, 2.24) is 19.9 Å². The highest BCUT2D eigenvalue weighted by molar-refractivity contribution is 7.17. The Labute approximate surface area is 142 Å². The minimum Gasteiger partial charge on any atom is -0.347 e. The summed E-state index contributed by atoms with van der Waals surface area (Å²) in [4.78, 5) is 22.2. The molecule has 0 fully saturated rings. The van der Waals surface area contributed by atoms with Crippen LogP contribution in [0.4, 0.5) is 0 Å². The van der Waals surface area contributed by atoms with E-state index in [9.17, 15) is 4.79 Å². The van der Waals surface area contributed by atoms with Gasteiger partial charge in [-0.1, -0.05) is 0 Å². The summed E-state index contributed by atoms with van der Waals surface area (Å²) < 4.78 is 2.12. The van der Waals surface area contributed by atoms with E-state index in [1.54, 1.807) is 11.3 Å². The van der Waals surface area contributed by atoms with Crippen LogP contribution in [0.2, 0.25) is 0 Å². The average Bonchev–Trinajstić information content (AvgIpc) is 3.26. The number of rotatable bonds is 3. The van der Waals surface area contributed by atoms with E-state index in [0.717, 1.165) is 41.5 Å². The Bertz CT molecular complexity index is 834. The van der Waals surface area contributed by atoms with Gasteiger partial charge in [-0.2, -0.15) is 11.3 Å². The standard InChI is InChI=1S/C16H16N4OS2/c1-10-14(23-16(18-10)11-4-7-22-9-11)15(21)19-12-2-3-13-17-5-6-20(13)8-12/h4-7,9,12H,2-3,8H2,1H3,(H,19,21)/t12-/m1/s1. The number of aromatic nitrogens is 3. The quantitative estimate of drug-likeness (QED) is 0.794. The van der Waals surface area contributed by atoms with Gasteiger partial charge in [-0.3, -0.25) is 4.79 Å². The number of carbonyl (C=O) groups is 1. The van der Waals surface area contributed by atoms with Gasteiger partial charge >= 0.3 is 0 Å². The van der Waals surface area contributed by atoms with Crippen molar-refractivity contribution < 1.29 is 4.79 Å². The molecule has 1 aliphatic rings. The molecular weight excluding hydrogens is 328 g/mol. The van der Waals surface area contributed by atoms with Crippen LogP contribution in [0.25, 0.3) is 10.6 Å². The van der Waals surface area contributed by atoms with Crippen molar-refractivity contribution in [3.63, 3.8) is 0 Å². The third kappa shape index (κ3) is 2.82. The number of thiazole rings is 1. The van der Waals surface area contributed by atoms with E-state index in [1.165, 1.54) is 11.3 Å². The molecule has 0 saturated heterocycles. The number of thiophene rings is 1. The second-order valence-electron chi connectivity index (χ2n) is 5.65. The van der Waals surface area contributed by atoms with Gasteiger partial charge in [-0.05, 0) is 24.8 Å². The summed E-state index contributed by atoms with van der Waals surface area (Å²) in [5.41, 5.74) is 1.88. The Kier molecular flexibility index (Phi) is 3.74. The lowest BCUT2D eigenvalue weighted by molar-refractivity contribution is 0.0931. The van der Waals surface area contributed by atoms with Crippen LogP contribution in [-0.2, 0) is 13.0 Å². The first-order valence-electron chi connectivity index (χ1n) is 7.51. The van der Waals surface area contributed by atoms with Crippen LogP contribution < -0.4 is 5.32 Å².